The van der Waals surface area contributed by atoms with Gasteiger partial charge in [0.1, 0.15) is 6.07 Å². The maximum atomic E-state index is 9.31. The van der Waals surface area contributed by atoms with Crippen LogP contribution in [-0.2, 0) is 0 Å². The van der Waals surface area contributed by atoms with Crippen LogP contribution in [0.15, 0.2) is 18.2 Å². The Morgan fingerprint density at radius 1 is 1.21 bits per heavy atom. The summed E-state index contributed by atoms with van der Waals surface area (Å²) in [6.45, 7) is 6.74. The molecule has 100 valence electrons. The number of anilines is 1. The molecular formula is C16H21N3. The minimum atomic E-state index is 0.689. The van der Waals surface area contributed by atoms with Crippen LogP contribution < -0.4 is 4.90 Å². The molecule has 2 heterocycles. The molecule has 3 nitrogen and oxygen atoms in total. The Bertz CT molecular complexity index is 503. The highest BCUT2D eigenvalue weighted by atomic mass is 15.3. The number of aryl methyl sites for hydroxylation is 1. The van der Waals surface area contributed by atoms with Crippen molar-refractivity contribution < 1.29 is 0 Å². The summed E-state index contributed by atoms with van der Waals surface area (Å²) >= 11 is 0. The van der Waals surface area contributed by atoms with Crippen molar-refractivity contribution in [1.82, 2.24) is 4.90 Å². The molecule has 1 aromatic rings. The van der Waals surface area contributed by atoms with E-state index in [9.17, 15) is 5.26 Å². The van der Waals surface area contributed by atoms with Crippen molar-refractivity contribution in [2.75, 3.05) is 31.1 Å². The van der Waals surface area contributed by atoms with Gasteiger partial charge in [0, 0.05) is 25.7 Å². The van der Waals surface area contributed by atoms with Crippen LogP contribution in [0.4, 0.5) is 5.69 Å². The molecule has 2 aliphatic heterocycles. The molecule has 0 saturated carbocycles. The Kier molecular flexibility index (Phi) is 3.44. The van der Waals surface area contributed by atoms with Crippen molar-refractivity contribution in [2.24, 2.45) is 0 Å². The number of hydrogen-bond acceptors (Lipinski definition) is 3. The molecule has 0 spiro atoms. The average Bonchev–Trinajstić information content (AvgIpc) is 2.76. The lowest BCUT2D eigenvalue weighted by molar-refractivity contribution is 0.273. The summed E-state index contributed by atoms with van der Waals surface area (Å²) < 4.78 is 0. The van der Waals surface area contributed by atoms with E-state index in [1.807, 2.05) is 12.1 Å². The molecule has 3 heteroatoms. The van der Waals surface area contributed by atoms with Gasteiger partial charge in [-0.15, -0.1) is 0 Å². The van der Waals surface area contributed by atoms with Gasteiger partial charge in [0.25, 0.3) is 0 Å². The van der Waals surface area contributed by atoms with Crippen molar-refractivity contribution in [3.63, 3.8) is 0 Å². The minimum Gasteiger partial charge on any atom is -0.369 e. The van der Waals surface area contributed by atoms with Gasteiger partial charge in [0.05, 0.1) is 11.3 Å². The lowest BCUT2D eigenvalue weighted by Crippen LogP contribution is -2.36. The maximum absolute atomic E-state index is 9.31. The van der Waals surface area contributed by atoms with Gasteiger partial charge in [-0.25, -0.2) is 0 Å². The normalized spacial score (nSPS) is 23.8. The number of benzene rings is 1. The maximum Gasteiger partial charge on any atom is 0.101 e. The van der Waals surface area contributed by atoms with Crippen LogP contribution in [0, 0.1) is 18.3 Å². The molecule has 3 rings (SSSR count). The standard InChI is InChI=1S/C16H21N3/c1-13-5-6-14(11-17)16(10-13)19-9-3-8-18-7-2-4-15(18)12-19/h5-6,10,15H,2-4,7-9,12H2,1H3. The van der Waals surface area contributed by atoms with Crippen LogP contribution in [0.1, 0.15) is 30.4 Å². The van der Waals surface area contributed by atoms with Gasteiger partial charge in [-0.1, -0.05) is 6.07 Å². The summed E-state index contributed by atoms with van der Waals surface area (Å²) in [5.41, 5.74) is 3.19. The van der Waals surface area contributed by atoms with Crippen molar-refractivity contribution in [3.8, 4) is 6.07 Å². The molecule has 2 aliphatic rings. The Balaban J connectivity index is 1.89. The van der Waals surface area contributed by atoms with Gasteiger partial charge in [-0.05, 0) is 50.4 Å². The minimum absolute atomic E-state index is 0.689. The van der Waals surface area contributed by atoms with Crippen molar-refractivity contribution in [1.29, 1.82) is 5.26 Å². The molecule has 0 bridgehead atoms. The molecule has 0 aromatic heterocycles. The van der Waals surface area contributed by atoms with Gasteiger partial charge in [-0.3, -0.25) is 4.90 Å². The van der Waals surface area contributed by atoms with Crippen LogP contribution >= 0.6 is 0 Å². The topological polar surface area (TPSA) is 30.3 Å². The number of nitrogens with zero attached hydrogens (tertiary/aromatic N) is 3. The summed E-state index contributed by atoms with van der Waals surface area (Å²) in [6, 6.07) is 9.19. The Morgan fingerprint density at radius 3 is 2.89 bits per heavy atom. The van der Waals surface area contributed by atoms with Crippen LogP contribution in [0.25, 0.3) is 0 Å². The van der Waals surface area contributed by atoms with Gasteiger partial charge in [0.15, 0.2) is 0 Å². The Morgan fingerprint density at radius 2 is 2.05 bits per heavy atom. The molecule has 0 N–H and O–H groups in total. The van der Waals surface area contributed by atoms with E-state index in [0.717, 1.165) is 24.3 Å². The highest BCUT2D eigenvalue weighted by Gasteiger charge is 2.29. The van der Waals surface area contributed by atoms with Crippen LogP contribution in [0.2, 0.25) is 0 Å². The molecule has 19 heavy (non-hydrogen) atoms. The van der Waals surface area contributed by atoms with E-state index in [4.69, 9.17) is 0 Å². The fourth-order valence-electron chi connectivity index (χ4n) is 3.42. The molecule has 1 unspecified atom stereocenters. The van der Waals surface area contributed by atoms with Gasteiger partial charge in [-0.2, -0.15) is 5.26 Å². The van der Waals surface area contributed by atoms with E-state index in [1.54, 1.807) is 0 Å². The number of nitriles is 1. The molecule has 0 radical (unpaired) electrons. The number of rotatable bonds is 1. The summed E-state index contributed by atoms with van der Waals surface area (Å²) in [4.78, 5) is 5.06. The molecule has 1 atom stereocenters. The van der Waals surface area contributed by atoms with E-state index in [2.05, 4.69) is 28.9 Å². The third-order valence-corrected chi connectivity index (χ3v) is 4.42. The second-order valence-corrected chi connectivity index (χ2v) is 5.76. The van der Waals surface area contributed by atoms with E-state index in [1.165, 1.54) is 37.9 Å². The molecule has 2 saturated heterocycles. The van der Waals surface area contributed by atoms with E-state index < -0.39 is 0 Å². The third-order valence-electron chi connectivity index (χ3n) is 4.42. The smallest absolute Gasteiger partial charge is 0.101 e. The molecule has 1 aromatic carbocycles. The lowest BCUT2D eigenvalue weighted by Gasteiger charge is -2.28. The van der Waals surface area contributed by atoms with E-state index in [0.29, 0.717) is 6.04 Å². The predicted molar refractivity (Wildman–Crippen MR) is 77.3 cm³/mol. The number of fused-ring (bicyclic) bond motifs is 1. The summed E-state index contributed by atoms with van der Waals surface area (Å²) in [5, 5.41) is 9.31. The highest BCUT2D eigenvalue weighted by molar-refractivity contribution is 5.61. The fourth-order valence-corrected chi connectivity index (χ4v) is 3.42. The van der Waals surface area contributed by atoms with Gasteiger partial charge in [0.2, 0.25) is 0 Å². The summed E-state index contributed by atoms with van der Waals surface area (Å²) in [5.74, 6) is 0. The van der Waals surface area contributed by atoms with Crippen molar-refractivity contribution in [2.45, 2.75) is 32.2 Å². The second kappa shape index (κ2) is 5.22. The van der Waals surface area contributed by atoms with Crippen molar-refractivity contribution in [3.05, 3.63) is 29.3 Å². The van der Waals surface area contributed by atoms with E-state index in [-0.39, 0.29) is 0 Å². The first-order valence-corrected chi connectivity index (χ1v) is 7.27. The predicted octanol–water partition coefficient (Wildman–Crippen LogP) is 2.54. The molecule has 0 amide bonds. The monoisotopic (exact) mass is 255 g/mol. The highest BCUT2D eigenvalue weighted by Crippen LogP contribution is 2.27. The summed E-state index contributed by atoms with van der Waals surface area (Å²) in [7, 11) is 0. The zero-order chi connectivity index (χ0) is 13.2. The van der Waals surface area contributed by atoms with Gasteiger partial charge >= 0.3 is 0 Å². The first-order chi connectivity index (χ1) is 9.28. The zero-order valence-electron chi connectivity index (χ0n) is 11.6. The van der Waals surface area contributed by atoms with Crippen molar-refractivity contribution >= 4 is 5.69 Å². The van der Waals surface area contributed by atoms with E-state index >= 15 is 0 Å². The first kappa shape index (κ1) is 12.5. The third kappa shape index (κ3) is 2.46. The van der Waals surface area contributed by atoms with Crippen LogP contribution in [0.5, 0.6) is 0 Å². The lowest BCUT2D eigenvalue weighted by atomic mass is 10.1. The zero-order valence-corrected chi connectivity index (χ0v) is 11.6. The summed E-state index contributed by atoms with van der Waals surface area (Å²) in [6.07, 6.45) is 3.84. The largest absolute Gasteiger partial charge is 0.369 e. The van der Waals surface area contributed by atoms with Crippen LogP contribution in [-0.4, -0.2) is 37.1 Å². The quantitative estimate of drug-likeness (QED) is 0.772. The molecular weight excluding hydrogens is 234 g/mol. The van der Waals surface area contributed by atoms with Gasteiger partial charge < -0.3 is 4.90 Å². The Labute approximate surface area is 115 Å². The van der Waals surface area contributed by atoms with Crippen LogP contribution in [0.3, 0.4) is 0 Å². The number of hydrogen-bond donors (Lipinski definition) is 0. The molecule has 0 aliphatic carbocycles. The first-order valence-electron chi connectivity index (χ1n) is 7.27. The SMILES string of the molecule is Cc1ccc(C#N)c(N2CCCN3CCCC3C2)c1. The average molecular weight is 255 g/mol. The second-order valence-electron chi connectivity index (χ2n) is 5.76. The molecule has 2 fully saturated rings. The Hall–Kier alpha value is -1.53. The fraction of sp³-hybridized carbons (Fsp3) is 0.562.